The van der Waals surface area contributed by atoms with Gasteiger partial charge in [0.1, 0.15) is 0 Å². The summed E-state index contributed by atoms with van der Waals surface area (Å²) in [5, 5.41) is 27.2. The molecule has 0 rings (SSSR count). The van der Waals surface area contributed by atoms with Crippen LogP contribution in [0.5, 0.6) is 0 Å². The van der Waals surface area contributed by atoms with Crippen LogP contribution in [0.25, 0.3) is 0 Å². The lowest BCUT2D eigenvalue weighted by Crippen LogP contribution is -2.42. The first-order chi connectivity index (χ1) is 9.43. The molecular weight excluding hydrogens is 257 g/mol. The molecule has 0 heterocycles. The van der Waals surface area contributed by atoms with Gasteiger partial charge >= 0.3 is 0 Å². The highest BCUT2D eigenvalue weighted by Crippen LogP contribution is 2.53. The maximum Gasteiger partial charge on any atom is 0.157 e. The van der Waals surface area contributed by atoms with Gasteiger partial charge in [0, 0.05) is 12.8 Å². The molecule has 4 heteroatoms. The summed E-state index contributed by atoms with van der Waals surface area (Å²) in [4.78, 5) is 0. The summed E-state index contributed by atoms with van der Waals surface area (Å²) < 4.78 is 0. The SMILES string of the molecule is CC(CC(C)(C)C#N)B(C(C)(C)CC#N)C(C)(C)CC#N. The molecule has 0 spiro atoms. The van der Waals surface area contributed by atoms with Crippen molar-refractivity contribution in [2.75, 3.05) is 0 Å². The van der Waals surface area contributed by atoms with Crippen molar-refractivity contribution in [2.45, 2.75) is 84.2 Å². The zero-order valence-electron chi connectivity index (χ0n) is 14.6. The number of rotatable bonds is 7. The average Bonchev–Trinajstić information content (AvgIpc) is 2.26. The molecule has 3 nitrogen and oxygen atoms in total. The number of hydrogen-bond donors (Lipinski definition) is 0. The molecule has 0 saturated heterocycles. The van der Waals surface area contributed by atoms with Crippen molar-refractivity contribution in [3.05, 3.63) is 0 Å². The Morgan fingerprint density at radius 2 is 1.24 bits per heavy atom. The summed E-state index contributed by atoms with van der Waals surface area (Å²) in [7, 11) is 0. The lowest BCUT2D eigenvalue weighted by atomic mass is 9.17. The Morgan fingerprint density at radius 3 is 1.52 bits per heavy atom. The Balaban J connectivity index is 5.60. The zero-order chi connectivity index (χ0) is 16.9. The molecule has 0 radical (unpaired) electrons. The summed E-state index contributed by atoms with van der Waals surface area (Å²) in [5.74, 6) is 0.270. The van der Waals surface area contributed by atoms with Crippen molar-refractivity contribution in [1.82, 2.24) is 0 Å². The van der Waals surface area contributed by atoms with Gasteiger partial charge in [-0.3, -0.25) is 0 Å². The van der Waals surface area contributed by atoms with Gasteiger partial charge in [0.2, 0.25) is 0 Å². The van der Waals surface area contributed by atoms with Crippen molar-refractivity contribution in [2.24, 2.45) is 5.41 Å². The second-order valence-corrected chi connectivity index (χ2v) is 8.30. The minimum Gasteiger partial charge on any atom is -0.198 e. The smallest absolute Gasteiger partial charge is 0.157 e. The predicted molar refractivity (Wildman–Crippen MR) is 87.7 cm³/mol. The van der Waals surface area contributed by atoms with Crippen LogP contribution < -0.4 is 0 Å². The van der Waals surface area contributed by atoms with Gasteiger partial charge in [0.25, 0.3) is 0 Å². The Hall–Kier alpha value is -1.47. The maximum absolute atomic E-state index is 9.28. The molecule has 0 aromatic heterocycles. The fraction of sp³-hybridized carbons (Fsp3) is 0.824. The molecule has 0 saturated carbocycles. The van der Waals surface area contributed by atoms with E-state index in [2.05, 4.69) is 52.8 Å². The summed E-state index contributed by atoms with van der Waals surface area (Å²) in [6.45, 7) is 14.7. The molecule has 0 aliphatic carbocycles. The predicted octanol–water partition coefficient (Wildman–Crippen LogP) is 5.20. The highest BCUT2D eigenvalue weighted by Gasteiger charge is 2.47. The van der Waals surface area contributed by atoms with Crippen molar-refractivity contribution < 1.29 is 0 Å². The molecule has 0 aromatic rings. The summed E-state index contributed by atoms with van der Waals surface area (Å²) >= 11 is 0. The summed E-state index contributed by atoms with van der Waals surface area (Å²) in [6, 6.07) is 6.94. The first-order valence-corrected chi connectivity index (χ1v) is 7.58. The van der Waals surface area contributed by atoms with Crippen LogP contribution in [0, 0.1) is 39.4 Å². The van der Waals surface area contributed by atoms with E-state index in [0.29, 0.717) is 12.8 Å². The molecule has 0 aliphatic rings. The van der Waals surface area contributed by atoms with Crippen molar-refractivity contribution >= 4 is 6.71 Å². The molecule has 1 unspecified atom stereocenters. The van der Waals surface area contributed by atoms with E-state index >= 15 is 0 Å². The Kier molecular flexibility index (Phi) is 6.51. The second kappa shape index (κ2) is 7.00. The van der Waals surface area contributed by atoms with Crippen LogP contribution in [0.15, 0.2) is 0 Å². The summed E-state index contributed by atoms with van der Waals surface area (Å²) in [5.41, 5.74) is -0.386. The fourth-order valence-corrected chi connectivity index (χ4v) is 4.19. The Bertz CT molecular complexity index is 444. The molecule has 0 aromatic carbocycles. The van der Waals surface area contributed by atoms with E-state index in [4.69, 9.17) is 10.5 Å². The monoisotopic (exact) mass is 285 g/mol. The quantitative estimate of drug-likeness (QED) is 0.603. The Morgan fingerprint density at radius 1 is 0.857 bits per heavy atom. The van der Waals surface area contributed by atoms with Crippen molar-refractivity contribution in [1.29, 1.82) is 15.8 Å². The molecule has 0 fully saturated rings. The number of hydrogen-bond acceptors (Lipinski definition) is 3. The number of nitrogens with zero attached hydrogens (tertiary/aromatic N) is 3. The standard InChI is InChI=1S/C17H28BN3/c1-14(12-15(2,3)13-21)18(16(4,5)8-10-19)17(6,7)9-11-20/h14H,8-9,12H2,1-7H3. The molecule has 0 N–H and O–H groups in total. The maximum atomic E-state index is 9.28. The van der Waals surface area contributed by atoms with Crippen molar-refractivity contribution in [3.63, 3.8) is 0 Å². The van der Waals surface area contributed by atoms with Crippen LogP contribution >= 0.6 is 0 Å². The first kappa shape index (κ1) is 19.5. The van der Waals surface area contributed by atoms with Gasteiger partial charge in [0.15, 0.2) is 6.71 Å². The molecule has 0 amide bonds. The fourth-order valence-electron chi connectivity index (χ4n) is 4.19. The molecule has 0 bridgehead atoms. The molecule has 114 valence electrons. The van der Waals surface area contributed by atoms with Gasteiger partial charge in [-0.05, 0) is 30.9 Å². The van der Waals surface area contributed by atoms with E-state index in [0.717, 1.165) is 6.42 Å². The van der Waals surface area contributed by atoms with Crippen LogP contribution in [0.1, 0.15) is 67.7 Å². The molecule has 0 aliphatic heterocycles. The van der Waals surface area contributed by atoms with Gasteiger partial charge < -0.3 is 0 Å². The molecule has 21 heavy (non-hydrogen) atoms. The number of nitriles is 3. The summed E-state index contributed by atoms with van der Waals surface area (Å²) in [6.07, 6.45) is 1.70. The minimum absolute atomic E-state index is 0.181. The molecule has 1 atom stereocenters. The Labute approximate surface area is 131 Å². The third-order valence-corrected chi connectivity index (χ3v) is 4.46. The topological polar surface area (TPSA) is 71.4 Å². The lowest BCUT2D eigenvalue weighted by molar-refractivity contribution is 0.427. The van der Waals surface area contributed by atoms with E-state index in [9.17, 15) is 5.26 Å². The van der Waals surface area contributed by atoms with Crippen LogP contribution in [0.4, 0.5) is 0 Å². The molecular formula is C17H28BN3. The third kappa shape index (κ3) is 5.44. The van der Waals surface area contributed by atoms with Gasteiger partial charge in [-0.1, -0.05) is 40.4 Å². The average molecular weight is 285 g/mol. The van der Waals surface area contributed by atoms with Crippen LogP contribution in [0.2, 0.25) is 16.4 Å². The van der Waals surface area contributed by atoms with E-state index in [1.165, 1.54) is 0 Å². The van der Waals surface area contributed by atoms with Crippen molar-refractivity contribution in [3.8, 4) is 18.2 Å². The highest BCUT2D eigenvalue weighted by atomic mass is 14.4. The normalized spacial score (nSPS) is 13.7. The second-order valence-electron chi connectivity index (χ2n) is 8.30. The van der Waals surface area contributed by atoms with E-state index in [-0.39, 0.29) is 28.6 Å². The minimum atomic E-state index is -0.386. The van der Waals surface area contributed by atoms with Gasteiger partial charge in [-0.25, -0.2) is 0 Å². The van der Waals surface area contributed by atoms with Gasteiger partial charge in [-0.2, -0.15) is 15.8 Å². The van der Waals surface area contributed by atoms with Crippen LogP contribution in [-0.4, -0.2) is 6.71 Å². The van der Waals surface area contributed by atoms with Crippen LogP contribution in [-0.2, 0) is 0 Å². The third-order valence-electron chi connectivity index (χ3n) is 4.46. The van der Waals surface area contributed by atoms with Gasteiger partial charge in [-0.15, -0.1) is 0 Å². The van der Waals surface area contributed by atoms with E-state index in [1.54, 1.807) is 0 Å². The van der Waals surface area contributed by atoms with E-state index in [1.807, 2.05) is 13.8 Å². The lowest BCUT2D eigenvalue weighted by Gasteiger charge is -2.44. The zero-order valence-corrected chi connectivity index (χ0v) is 14.6. The first-order valence-electron chi connectivity index (χ1n) is 7.58. The van der Waals surface area contributed by atoms with E-state index < -0.39 is 0 Å². The van der Waals surface area contributed by atoms with Gasteiger partial charge in [0.05, 0.1) is 23.6 Å². The van der Waals surface area contributed by atoms with Crippen LogP contribution in [0.3, 0.4) is 0 Å². The highest BCUT2D eigenvalue weighted by molar-refractivity contribution is 6.66. The largest absolute Gasteiger partial charge is 0.198 e.